The number of amides is 2. The van der Waals surface area contributed by atoms with Crippen molar-refractivity contribution in [1.29, 1.82) is 0 Å². The maximum atomic E-state index is 12.1. The third-order valence-electron chi connectivity index (χ3n) is 2.54. The number of aliphatic hydroxyl groups excluding tert-OH is 1. The van der Waals surface area contributed by atoms with E-state index in [1.54, 1.807) is 48.5 Å². The summed E-state index contributed by atoms with van der Waals surface area (Å²) in [5.41, 5.74) is 6.60. The highest BCUT2D eigenvalue weighted by atomic mass is 16.3. The molecule has 5 heteroatoms. The highest BCUT2D eigenvalue weighted by molar-refractivity contribution is 6.01. The molecule has 0 fully saturated rings. The van der Waals surface area contributed by atoms with Crippen molar-refractivity contribution in [3.8, 4) is 0 Å². The number of aliphatic hydroxyl groups is 1. The molecule has 0 saturated carbocycles. The number of para-hydroxylation sites is 2. The average Bonchev–Trinajstić information content (AvgIpc) is 2.40. The second-order valence-electron chi connectivity index (χ2n) is 3.92. The van der Waals surface area contributed by atoms with Crippen molar-refractivity contribution in [3.05, 3.63) is 60.7 Å². The summed E-state index contributed by atoms with van der Waals surface area (Å²) >= 11 is 0. The van der Waals surface area contributed by atoms with Gasteiger partial charge in [-0.2, -0.15) is 0 Å². The van der Waals surface area contributed by atoms with Gasteiger partial charge < -0.3 is 10.4 Å². The zero-order valence-electron chi connectivity index (χ0n) is 10.2. The molecule has 1 unspecified atom stereocenters. The maximum absolute atomic E-state index is 12.1. The van der Waals surface area contributed by atoms with E-state index in [9.17, 15) is 9.90 Å². The van der Waals surface area contributed by atoms with Crippen molar-refractivity contribution in [3.63, 3.8) is 0 Å². The molecule has 5 nitrogen and oxygen atoms in total. The molecule has 2 aromatic carbocycles. The Morgan fingerprint density at radius 2 is 1.58 bits per heavy atom. The molecule has 98 valence electrons. The van der Waals surface area contributed by atoms with E-state index in [0.29, 0.717) is 11.4 Å². The minimum Gasteiger partial charge on any atom is -0.361 e. The lowest BCUT2D eigenvalue weighted by Crippen LogP contribution is -2.48. The Kier molecular flexibility index (Phi) is 4.12. The molecular formula is C14H15N3O2. The van der Waals surface area contributed by atoms with Crippen molar-refractivity contribution in [2.45, 2.75) is 6.35 Å². The van der Waals surface area contributed by atoms with Crippen LogP contribution in [-0.2, 0) is 0 Å². The quantitative estimate of drug-likeness (QED) is 0.735. The SMILES string of the molecule is NC(O)N(C(=O)Nc1ccccc1)c1ccccc1. The minimum atomic E-state index is -1.41. The standard InChI is InChI=1S/C14H15N3O2/c15-13(18)17(12-9-5-2-6-10-12)14(19)16-11-7-3-1-4-8-11/h1-10,13,18H,15H2,(H,16,19). The van der Waals surface area contributed by atoms with Gasteiger partial charge in [0.2, 0.25) is 0 Å². The highest BCUT2D eigenvalue weighted by Gasteiger charge is 2.20. The lowest BCUT2D eigenvalue weighted by Gasteiger charge is -2.25. The van der Waals surface area contributed by atoms with Gasteiger partial charge in [-0.1, -0.05) is 36.4 Å². The van der Waals surface area contributed by atoms with Gasteiger partial charge in [-0.15, -0.1) is 0 Å². The second kappa shape index (κ2) is 5.99. The molecule has 4 N–H and O–H groups in total. The molecule has 0 bridgehead atoms. The number of rotatable bonds is 3. The molecule has 2 rings (SSSR count). The van der Waals surface area contributed by atoms with Crippen LogP contribution in [0.4, 0.5) is 16.2 Å². The van der Waals surface area contributed by atoms with Gasteiger partial charge in [0.25, 0.3) is 0 Å². The van der Waals surface area contributed by atoms with E-state index in [4.69, 9.17) is 5.73 Å². The molecule has 2 aromatic rings. The van der Waals surface area contributed by atoms with Crippen LogP contribution in [0.1, 0.15) is 0 Å². The fraction of sp³-hybridized carbons (Fsp3) is 0.0714. The van der Waals surface area contributed by atoms with Crippen LogP contribution in [-0.4, -0.2) is 17.5 Å². The van der Waals surface area contributed by atoms with Gasteiger partial charge in [0.05, 0.1) is 0 Å². The van der Waals surface area contributed by atoms with Crippen LogP contribution in [0.3, 0.4) is 0 Å². The van der Waals surface area contributed by atoms with Gasteiger partial charge in [0.1, 0.15) is 0 Å². The first-order valence-electron chi connectivity index (χ1n) is 5.82. The summed E-state index contributed by atoms with van der Waals surface area (Å²) in [5, 5.41) is 12.2. The molecule has 0 aromatic heterocycles. The van der Waals surface area contributed by atoms with Crippen LogP contribution in [0.15, 0.2) is 60.7 Å². The smallest absolute Gasteiger partial charge is 0.329 e. The Labute approximate surface area is 111 Å². The van der Waals surface area contributed by atoms with Crippen LogP contribution in [0.5, 0.6) is 0 Å². The summed E-state index contributed by atoms with van der Waals surface area (Å²) in [6, 6.07) is 17.2. The topological polar surface area (TPSA) is 78.6 Å². The lowest BCUT2D eigenvalue weighted by molar-refractivity contribution is 0.177. The molecule has 19 heavy (non-hydrogen) atoms. The van der Waals surface area contributed by atoms with E-state index in [2.05, 4.69) is 5.32 Å². The van der Waals surface area contributed by atoms with E-state index in [-0.39, 0.29) is 0 Å². The third kappa shape index (κ3) is 3.31. The summed E-state index contributed by atoms with van der Waals surface area (Å²) in [5.74, 6) is 0. The number of hydrogen-bond donors (Lipinski definition) is 3. The number of urea groups is 1. The van der Waals surface area contributed by atoms with Crippen LogP contribution in [0, 0.1) is 0 Å². The van der Waals surface area contributed by atoms with Gasteiger partial charge in [-0.05, 0) is 24.3 Å². The second-order valence-corrected chi connectivity index (χ2v) is 3.92. The normalized spacial score (nSPS) is 11.7. The molecule has 0 aliphatic heterocycles. The summed E-state index contributed by atoms with van der Waals surface area (Å²) in [7, 11) is 0. The third-order valence-corrected chi connectivity index (χ3v) is 2.54. The van der Waals surface area contributed by atoms with E-state index in [1.165, 1.54) is 0 Å². The molecule has 0 aliphatic carbocycles. The summed E-state index contributed by atoms with van der Waals surface area (Å²) in [6.45, 7) is 0. The average molecular weight is 257 g/mol. The lowest BCUT2D eigenvalue weighted by atomic mass is 10.3. The first-order chi connectivity index (χ1) is 9.18. The Balaban J connectivity index is 2.19. The molecule has 0 spiro atoms. The molecule has 1 atom stereocenters. The monoisotopic (exact) mass is 257 g/mol. The first-order valence-corrected chi connectivity index (χ1v) is 5.82. The Bertz CT molecular complexity index is 529. The predicted octanol–water partition coefficient (Wildman–Crippen LogP) is 1.96. The van der Waals surface area contributed by atoms with Crippen LogP contribution < -0.4 is 16.0 Å². The minimum absolute atomic E-state index is 0.493. The number of anilines is 2. The van der Waals surface area contributed by atoms with E-state index < -0.39 is 12.4 Å². The number of hydrogen-bond acceptors (Lipinski definition) is 3. The molecule has 2 amide bonds. The number of carbonyl (C=O) groups is 1. The van der Waals surface area contributed by atoms with Crippen molar-refractivity contribution in [2.24, 2.45) is 5.73 Å². The van der Waals surface area contributed by atoms with E-state index in [1.807, 2.05) is 12.1 Å². The van der Waals surface area contributed by atoms with Gasteiger partial charge >= 0.3 is 6.03 Å². The van der Waals surface area contributed by atoms with Crippen LogP contribution in [0.25, 0.3) is 0 Å². The highest BCUT2D eigenvalue weighted by Crippen LogP contribution is 2.16. The molecule has 0 heterocycles. The molecule has 0 saturated heterocycles. The van der Waals surface area contributed by atoms with Crippen molar-refractivity contribution >= 4 is 17.4 Å². The van der Waals surface area contributed by atoms with Gasteiger partial charge in [-0.25, -0.2) is 4.79 Å². The summed E-state index contributed by atoms with van der Waals surface area (Å²) in [4.78, 5) is 13.2. The van der Waals surface area contributed by atoms with Gasteiger partial charge in [-0.3, -0.25) is 10.6 Å². The number of nitrogens with one attached hydrogen (secondary N) is 1. The fourth-order valence-corrected chi connectivity index (χ4v) is 1.68. The van der Waals surface area contributed by atoms with Crippen LogP contribution in [0.2, 0.25) is 0 Å². The van der Waals surface area contributed by atoms with E-state index in [0.717, 1.165) is 4.90 Å². The van der Waals surface area contributed by atoms with Gasteiger partial charge in [0.15, 0.2) is 6.35 Å². The zero-order chi connectivity index (χ0) is 13.7. The largest absolute Gasteiger partial charge is 0.361 e. The molecule has 0 radical (unpaired) electrons. The summed E-state index contributed by atoms with van der Waals surface area (Å²) in [6.07, 6.45) is -1.41. The first kappa shape index (κ1) is 13.1. The summed E-state index contributed by atoms with van der Waals surface area (Å²) < 4.78 is 0. The zero-order valence-corrected chi connectivity index (χ0v) is 10.2. The van der Waals surface area contributed by atoms with E-state index >= 15 is 0 Å². The molecular weight excluding hydrogens is 242 g/mol. The fourth-order valence-electron chi connectivity index (χ4n) is 1.68. The Morgan fingerprint density at radius 3 is 2.11 bits per heavy atom. The number of nitrogens with two attached hydrogens (primary N) is 1. The van der Waals surface area contributed by atoms with Crippen molar-refractivity contribution in [1.82, 2.24) is 0 Å². The maximum Gasteiger partial charge on any atom is 0.329 e. The van der Waals surface area contributed by atoms with Gasteiger partial charge in [0, 0.05) is 11.4 Å². The van der Waals surface area contributed by atoms with Crippen molar-refractivity contribution in [2.75, 3.05) is 10.2 Å². The van der Waals surface area contributed by atoms with Crippen molar-refractivity contribution < 1.29 is 9.90 Å². The number of nitrogens with zero attached hydrogens (tertiary/aromatic N) is 1. The predicted molar refractivity (Wildman–Crippen MR) is 74.6 cm³/mol. The van der Waals surface area contributed by atoms with Crippen LogP contribution >= 0.6 is 0 Å². The molecule has 0 aliphatic rings. The number of carbonyl (C=O) groups excluding carboxylic acids is 1. The Morgan fingerprint density at radius 1 is 1.05 bits per heavy atom. The number of benzene rings is 2. The Hall–Kier alpha value is -2.37.